The van der Waals surface area contributed by atoms with E-state index in [1.807, 2.05) is 6.92 Å². The van der Waals surface area contributed by atoms with Gasteiger partial charge in [0.2, 0.25) is 11.9 Å². The van der Waals surface area contributed by atoms with Crippen LogP contribution in [0.4, 0.5) is 0 Å². The number of carboxylic acid groups (broad SMARTS) is 1. The topological polar surface area (TPSA) is 66.4 Å². The van der Waals surface area contributed by atoms with Crippen molar-refractivity contribution in [2.24, 2.45) is 0 Å². The lowest BCUT2D eigenvalue weighted by molar-refractivity contribution is -0.888. The van der Waals surface area contributed by atoms with Crippen LogP contribution in [0.5, 0.6) is 0 Å². The first kappa shape index (κ1) is 14.6. The van der Waals surface area contributed by atoms with E-state index in [0.29, 0.717) is 6.42 Å². The quantitative estimate of drug-likeness (QED) is 0.506. The second-order valence-electron chi connectivity index (χ2n) is 4.63. The van der Waals surface area contributed by atoms with Gasteiger partial charge >= 0.3 is 5.97 Å². The minimum absolute atomic E-state index is 0.255. The molecule has 0 aromatic carbocycles. The normalized spacial score (nSPS) is 15.0. The monoisotopic (exact) mass is 229 g/mol. The van der Waals surface area contributed by atoms with Crippen molar-refractivity contribution in [2.75, 3.05) is 21.1 Å². The van der Waals surface area contributed by atoms with Crippen LogP contribution in [0.1, 0.15) is 13.3 Å². The van der Waals surface area contributed by atoms with E-state index in [9.17, 15) is 14.7 Å². The Morgan fingerprint density at radius 1 is 1.44 bits per heavy atom. The highest BCUT2D eigenvalue weighted by Crippen LogP contribution is 2.11. The summed E-state index contributed by atoms with van der Waals surface area (Å²) in [4.78, 5) is 22.4. The molecule has 0 bridgehead atoms. The van der Waals surface area contributed by atoms with E-state index in [1.165, 1.54) is 0 Å². The van der Waals surface area contributed by atoms with Gasteiger partial charge < -0.3 is 14.9 Å². The number of nitrogens with zero attached hydrogens (tertiary/aromatic N) is 1. The first-order chi connectivity index (χ1) is 7.23. The fourth-order valence-corrected chi connectivity index (χ4v) is 1.69. The number of carbonyl (C=O) groups excluding carboxylic acids is 1. The molecule has 0 rings (SSSR count). The van der Waals surface area contributed by atoms with Crippen LogP contribution in [-0.2, 0) is 9.59 Å². The SMILES string of the molecule is C=CC(=O)NC(CC)C(C(=O)O)[N+](C)(C)C. The summed E-state index contributed by atoms with van der Waals surface area (Å²) < 4.78 is 0.255. The molecule has 5 heteroatoms. The number of carbonyl (C=O) groups is 2. The van der Waals surface area contributed by atoms with E-state index in [1.54, 1.807) is 21.1 Å². The molecular weight excluding hydrogens is 208 g/mol. The fourth-order valence-electron chi connectivity index (χ4n) is 1.69. The van der Waals surface area contributed by atoms with Gasteiger partial charge in [-0.15, -0.1) is 0 Å². The molecule has 0 aliphatic carbocycles. The third-order valence-electron chi connectivity index (χ3n) is 2.42. The zero-order valence-electron chi connectivity index (χ0n) is 10.4. The van der Waals surface area contributed by atoms with Gasteiger partial charge in [0.15, 0.2) is 0 Å². The molecule has 2 N–H and O–H groups in total. The molecule has 0 heterocycles. The van der Waals surface area contributed by atoms with Crippen LogP contribution in [0.2, 0.25) is 0 Å². The van der Waals surface area contributed by atoms with Crippen LogP contribution >= 0.6 is 0 Å². The van der Waals surface area contributed by atoms with Crippen molar-refractivity contribution in [3.8, 4) is 0 Å². The third-order valence-corrected chi connectivity index (χ3v) is 2.42. The number of carboxylic acids is 1. The Labute approximate surface area is 96.3 Å². The van der Waals surface area contributed by atoms with Gasteiger partial charge in [0, 0.05) is 0 Å². The predicted molar refractivity (Wildman–Crippen MR) is 61.9 cm³/mol. The largest absolute Gasteiger partial charge is 0.477 e. The van der Waals surface area contributed by atoms with Crippen LogP contribution in [-0.4, -0.2) is 54.7 Å². The van der Waals surface area contributed by atoms with Gasteiger partial charge in [-0.05, 0) is 12.5 Å². The molecule has 0 aliphatic rings. The van der Waals surface area contributed by atoms with E-state index in [-0.39, 0.29) is 10.4 Å². The lowest BCUT2D eigenvalue weighted by atomic mass is 10.0. The minimum Gasteiger partial charge on any atom is -0.477 e. The molecule has 92 valence electrons. The summed E-state index contributed by atoms with van der Waals surface area (Å²) in [6.45, 7) is 5.20. The van der Waals surface area contributed by atoms with E-state index in [2.05, 4.69) is 11.9 Å². The number of hydrogen-bond acceptors (Lipinski definition) is 2. The Morgan fingerprint density at radius 2 is 1.94 bits per heavy atom. The van der Waals surface area contributed by atoms with Crippen molar-refractivity contribution in [1.82, 2.24) is 5.32 Å². The maximum absolute atomic E-state index is 11.2. The summed E-state index contributed by atoms with van der Waals surface area (Å²) in [5.74, 6) is -1.25. The molecule has 0 aromatic heterocycles. The molecular formula is C11H21N2O3+. The predicted octanol–water partition coefficient (Wildman–Crippen LogP) is 0.227. The van der Waals surface area contributed by atoms with Gasteiger partial charge in [-0.1, -0.05) is 13.5 Å². The molecule has 0 saturated carbocycles. The maximum atomic E-state index is 11.2. The summed E-state index contributed by atoms with van der Waals surface area (Å²) in [6.07, 6.45) is 1.71. The fraction of sp³-hybridized carbons (Fsp3) is 0.636. The summed E-state index contributed by atoms with van der Waals surface area (Å²) in [5.41, 5.74) is 0. The molecule has 2 atom stereocenters. The first-order valence-corrected chi connectivity index (χ1v) is 5.20. The highest BCUT2D eigenvalue weighted by molar-refractivity contribution is 5.87. The van der Waals surface area contributed by atoms with Gasteiger partial charge in [0.1, 0.15) is 0 Å². The number of nitrogens with one attached hydrogen (secondary N) is 1. The summed E-state index contributed by atoms with van der Waals surface area (Å²) >= 11 is 0. The summed E-state index contributed by atoms with van der Waals surface area (Å²) in [5, 5.41) is 11.9. The van der Waals surface area contributed by atoms with Crippen molar-refractivity contribution in [3.63, 3.8) is 0 Å². The molecule has 1 amide bonds. The molecule has 0 aromatic rings. The average Bonchev–Trinajstić information content (AvgIpc) is 2.13. The van der Waals surface area contributed by atoms with Crippen molar-refractivity contribution < 1.29 is 19.2 Å². The Balaban J connectivity index is 4.93. The second-order valence-corrected chi connectivity index (χ2v) is 4.63. The van der Waals surface area contributed by atoms with E-state index >= 15 is 0 Å². The van der Waals surface area contributed by atoms with E-state index < -0.39 is 18.1 Å². The van der Waals surface area contributed by atoms with Gasteiger partial charge in [0.25, 0.3) is 0 Å². The van der Waals surface area contributed by atoms with Crippen LogP contribution in [0, 0.1) is 0 Å². The van der Waals surface area contributed by atoms with Crippen LogP contribution in [0.25, 0.3) is 0 Å². The smallest absolute Gasteiger partial charge is 0.364 e. The van der Waals surface area contributed by atoms with Gasteiger partial charge in [0.05, 0.1) is 27.2 Å². The van der Waals surface area contributed by atoms with Crippen LogP contribution in [0.15, 0.2) is 12.7 Å². The van der Waals surface area contributed by atoms with E-state index in [4.69, 9.17) is 0 Å². The highest BCUT2D eigenvalue weighted by Gasteiger charge is 2.38. The van der Waals surface area contributed by atoms with Gasteiger partial charge in [-0.25, -0.2) is 4.79 Å². The second kappa shape index (κ2) is 5.65. The Hall–Kier alpha value is -1.36. The molecule has 16 heavy (non-hydrogen) atoms. The first-order valence-electron chi connectivity index (χ1n) is 5.20. The number of likely N-dealkylation sites (N-methyl/N-ethyl adjacent to an activating group) is 1. The molecule has 2 unspecified atom stereocenters. The Kier molecular flexibility index (Phi) is 5.17. The lowest BCUT2D eigenvalue weighted by Crippen LogP contribution is -2.60. The van der Waals surface area contributed by atoms with Crippen molar-refractivity contribution in [2.45, 2.75) is 25.4 Å². The standard InChI is InChI=1S/C11H20N2O3/c1-6-8(12-9(14)7-2)10(11(15)16)13(3,4)5/h7-8,10H,2,6H2,1,3-5H3,(H-,12,14,15,16)/p+1. The van der Waals surface area contributed by atoms with Crippen molar-refractivity contribution >= 4 is 11.9 Å². The Bertz CT molecular complexity index is 281. The third kappa shape index (κ3) is 4.02. The molecule has 0 radical (unpaired) electrons. The highest BCUT2D eigenvalue weighted by atomic mass is 16.4. The van der Waals surface area contributed by atoms with Crippen molar-refractivity contribution in [3.05, 3.63) is 12.7 Å². The molecule has 0 fully saturated rings. The van der Waals surface area contributed by atoms with Gasteiger partial charge in [-0.2, -0.15) is 0 Å². The summed E-state index contributed by atoms with van der Waals surface area (Å²) in [7, 11) is 5.38. The lowest BCUT2D eigenvalue weighted by Gasteiger charge is -2.35. The van der Waals surface area contributed by atoms with Crippen molar-refractivity contribution in [1.29, 1.82) is 0 Å². The average molecular weight is 229 g/mol. The molecule has 0 aliphatic heterocycles. The van der Waals surface area contributed by atoms with Gasteiger partial charge in [-0.3, -0.25) is 4.79 Å². The number of amides is 1. The van der Waals surface area contributed by atoms with E-state index in [0.717, 1.165) is 6.08 Å². The summed E-state index contributed by atoms with van der Waals surface area (Å²) in [6, 6.07) is -1.07. The zero-order chi connectivity index (χ0) is 12.9. The van der Waals surface area contributed by atoms with Crippen LogP contribution in [0.3, 0.4) is 0 Å². The number of aliphatic carboxylic acids is 1. The maximum Gasteiger partial charge on any atom is 0.364 e. The molecule has 0 saturated heterocycles. The minimum atomic E-state index is -0.913. The Morgan fingerprint density at radius 3 is 2.19 bits per heavy atom. The molecule has 5 nitrogen and oxygen atoms in total. The number of hydrogen-bond donors (Lipinski definition) is 2. The van der Waals surface area contributed by atoms with Crippen LogP contribution < -0.4 is 5.32 Å². The number of rotatable bonds is 6. The molecule has 0 spiro atoms. The number of quaternary nitrogens is 1. The zero-order valence-corrected chi connectivity index (χ0v) is 10.4.